The zero-order chi connectivity index (χ0) is 13.4. The Morgan fingerprint density at radius 1 is 1.50 bits per heavy atom. The Labute approximate surface area is 107 Å². The zero-order valence-electron chi connectivity index (χ0n) is 10.8. The molecule has 0 aromatic rings. The molecule has 0 radical (unpaired) electrons. The van der Waals surface area contributed by atoms with E-state index in [1.807, 2.05) is 0 Å². The van der Waals surface area contributed by atoms with E-state index in [9.17, 15) is 9.59 Å². The smallest absolute Gasteiger partial charge is 0.315 e. The minimum absolute atomic E-state index is 0.0674. The van der Waals surface area contributed by atoms with E-state index < -0.39 is 5.97 Å². The quantitative estimate of drug-likeness (QED) is 0.662. The van der Waals surface area contributed by atoms with Gasteiger partial charge in [0.1, 0.15) is 0 Å². The number of carboxylic acid groups (broad SMARTS) is 1. The predicted octanol–water partition coefficient (Wildman–Crippen LogP) is 0.965. The number of ether oxygens (including phenoxy) is 1. The van der Waals surface area contributed by atoms with Crippen molar-refractivity contribution >= 4 is 12.0 Å². The Hall–Kier alpha value is -1.30. The third-order valence-corrected chi connectivity index (χ3v) is 2.97. The topological polar surface area (TPSA) is 87.7 Å². The van der Waals surface area contributed by atoms with Gasteiger partial charge < -0.3 is 20.5 Å². The van der Waals surface area contributed by atoms with E-state index in [1.165, 1.54) is 0 Å². The number of carbonyl (C=O) groups excluding carboxylic acids is 1. The van der Waals surface area contributed by atoms with E-state index in [2.05, 4.69) is 10.6 Å². The number of urea groups is 1. The highest BCUT2D eigenvalue weighted by Crippen LogP contribution is 2.11. The Kier molecular flexibility index (Phi) is 6.49. The van der Waals surface area contributed by atoms with E-state index >= 15 is 0 Å². The maximum Gasteiger partial charge on any atom is 0.315 e. The molecule has 0 aromatic heterocycles. The summed E-state index contributed by atoms with van der Waals surface area (Å²) in [5.74, 6) is -0.456. The second-order valence-electron chi connectivity index (χ2n) is 4.77. The number of amides is 2. The van der Waals surface area contributed by atoms with Crippen LogP contribution < -0.4 is 10.6 Å². The summed E-state index contributed by atoms with van der Waals surface area (Å²) in [5, 5.41) is 14.0. The monoisotopic (exact) mass is 258 g/mol. The van der Waals surface area contributed by atoms with Crippen molar-refractivity contribution in [2.75, 3.05) is 19.8 Å². The molecule has 3 N–H and O–H groups in total. The Balaban J connectivity index is 2.10. The van der Waals surface area contributed by atoms with E-state index in [4.69, 9.17) is 9.84 Å². The SMILES string of the molecule is CC(CCC(=O)O)NC(=O)NCC1CCCOC1. The minimum atomic E-state index is -0.844. The van der Waals surface area contributed by atoms with Crippen LogP contribution in [0.1, 0.15) is 32.6 Å². The van der Waals surface area contributed by atoms with Crippen LogP contribution in [0, 0.1) is 5.92 Å². The molecule has 0 saturated carbocycles. The lowest BCUT2D eigenvalue weighted by molar-refractivity contribution is -0.137. The number of hydrogen-bond acceptors (Lipinski definition) is 3. The average molecular weight is 258 g/mol. The van der Waals surface area contributed by atoms with Crippen molar-refractivity contribution < 1.29 is 19.4 Å². The van der Waals surface area contributed by atoms with Crippen LogP contribution in [0.3, 0.4) is 0 Å². The molecule has 2 atom stereocenters. The largest absolute Gasteiger partial charge is 0.481 e. The van der Waals surface area contributed by atoms with Crippen molar-refractivity contribution in [3.63, 3.8) is 0 Å². The molecular weight excluding hydrogens is 236 g/mol. The van der Waals surface area contributed by atoms with Gasteiger partial charge in [-0.05, 0) is 32.1 Å². The molecule has 1 rings (SSSR count). The molecule has 2 amide bonds. The van der Waals surface area contributed by atoms with Gasteiger partial charge >= 0.3 is 12.0 Å². The highest BCUT2D eigenvalue weighted by molar-refractivity contribution is 5.74. The number of nitrogens with one attached hydrogen (secondary N) is 2. The summed E-state index contributed by atoms with van der Waals surface area (Å²) in [6.45, 7) is 3.92. The molecule has 1 saturated heterocycles. The highest BCUT2D eigenvalue weighted by atomic mass is 16.5. The molecule has 6 heteroatoms. The van der Waals surface area contributed by atoms with Gasteiger partial charge in [0.2, 0.25) is 0 Å². The van der Waals surface area contributed by atoms with Crippen LogP contribution in [-0.2, 0) is 9.53 Å². The van der Waals surface area contributed by atoms with Gasteiger partial charge in [-0.3, -0.25) is 4.79 Å². The minimum Gasteiger partial charge on any atom is -0.481 e. The second kappa shape index (κ2) is 7.92. The van der Waals surface area contributed by atoms with Crippen LogP contribution in [0.15, 0.2) is 0 Å². The Morgan fingerprint density at radius 3 is 2.89 bits per heavy atom. The van der Waals surface area contributed by atoms with Crippen LogP contribution >= 0.6 is 0 Å². The fourth-order valence-corrected chi connectivity index (χ4v) is 1.89. The molecule has 6 nitrogen and oxygen atoms in total. The Morgan fingerprint density at radius 2 is 2.28 bits per heavy atom. The first-order valence-corrected chi connectivity index (χ1v) is 6.42. The van der Waals surface area contributed by atoms with E-state index in [-0.39, 0.29) is 18.5 Å². The van der Waals surface area contributed by atoms with Crippen LogP contribution in [0.5, 0.6) is 0 Å². The van der Waals surface area contributed by atoms with Crippen molar-refractivity contribution in [1.82, 2.24) is 10.6 Å². The summed E-state index contributed by atoms with van der Waals surface area (Å²) in [7, 11) is 0. The summed E-state index contributed by atoms with van der Waals surface area (Å²) in [6, 6.07) is -0.373. The van der Waals surface area contributed by atoms with E-state index in [1.54, 1.807) is 6.92 Å². The Bertz CT molecular complexity index is 277. The summed E-state index contributed by atoms with van der Waals surface area (Å²) in [5.41, 5.74) is 0. The van der Waals surface area contributed by atoms with Gasteiger partial charge in [0, 0.05) is 25.6 Å². The number of carboxylic acids is 1. The first kappa shape index (κ1) is 14.8. The molecule has 1 aliphatic rings. The molecule has 0 aliphatic carbocycles. The first-order valence-electron chi connectivity index (χ1n) is 6.42. The van der Waals surface area contributed by atoms with E-state index in [0.29, 0.717) is 25.5 Å². The molecule has 0 aromatic carbocycles. The number of aliphatic carboxylic acids is 1. The van der Waals surface area contributed by atoms with Crippen LogP contribution in [0.2, 0.25) is 0 Å². The van der Waals surface area contributed by atoms with E-state index in [0.717, 1.165) is 19.4 Å². The van der Waals surface area contributed by atoms with Gasteiger partial charge in [-0.25, -0.2) is 4.79 Å². The van der Waals surface area contributed by atoms with Crippen molar-refractivity contribution in [2.45, 2.75) is 38.6 Å². The zero-order valence-corrected chi connectivity index (χ0v) is 10.8. The predicted molar refractivity (Wildman–Crippen MR) is 66.4 cm³/mol. The summed E-state index contributed by atoms with van der Waals surface area (Å²) < 4.78 is 5.32. The molecule has 1 aliphatic heterocycles. The maximum absolute atomic E-state index is 11.5. The lowest BCUT2D eigenvalue weighted by Crippen LogP contribution is -2.43. The van der Waals surface area contributed by atoms with Gasteiger partial charge in [0.05, 0.1) is 6.61 Å². The van der Waals surface area contributed by atoms with Gasteiger partial charge in [0.15, 0.2) is 0 Å². The first-order chi connectivity index (χ1) is 8.58. The van der Waals surface area contributed by atoms with Gasteiger partial charge in [-0.15, -0.1) is 0 Å². The molecule has 1 heterocycles. The average Bonchev–Trinajstić information content (AvgIpc) is 2.35. The van der Waals surface area contributed by atoms with Crippen molar-refractivity contribution in [1.29, 1.82) is 0 Å². The number of carbonyl (C=O) groups is 2. The molecule has 1 fully saturated rings. The molecular formula is C12H22N2O4. The molecule has 18 heavy (non-hydrogen) atoms. The van der Waals surface area contributed by atoms with Crippen LogP contribution in [0.25, 0.3) is 0 Å². The van der Waals surface area contributed by atoms with Gasteiger partial charge in [-0.1, -0.05) is 0 Å². The van der Waals surface area contributed by atoms with Crippen LogP contribution in [0.4, 0.5) is 4.79 Å². The second-order valence-corrected chi connectivity index (χ2v) is 4.77. The van der Waals surface area contributed by atoms with Gasteiger partial charge in [-0.2, -0.15) is 0 Å². The standard InChI is InChI=1S/C12H22N2O4/c1-9(4-5-11(15)16)14-12(17)13-7-10-3-2-6-18-8-10/h9-10H,2-8H2,1H3,(H,15,16)(H2,13,14,17). The summed E-state index contributed by atoms with van der Waals surface area (Å²) in [6.07, 6.45) is 2.63. The fourth-order valence-electron chi connectivity index (χ4n) is 1.89. The summed E-state index contributed by atoms with van der Waals surface area (Å²) >= 11 is 0. The fraction of sp³-hybridized carbons (Fsp3) is 0.833. The maximum atomic E-state index is 11.5. The molecule has 0 spiro atoms. The molecule has 2 unspecified atom stereocenters. The van der Waals surface area contributed by atoms with Gasteiger partial charge in [0.25, 0.3) is 0 Å². The van der Waals surface area contributed by atoms with Crippen molar-refractivity contribution in [3.8, 4) is 0 Å². The van der Waals surface area contributed by atoms with Crippen LogP contribution in [-0.4, -0.2) is 42.9 Å². The van der Waals surface area contributed by atoms with Crippen molar-refractivity contribution in [2.24, 2.45) is 5.92 Å². The molecule has 0 bridgehead atoms. The number of rotatable bonds is 6. The highest BCUT2D eigenvalue weighted by Gasteiger charge is 2.15. The summed E-state index contributed by atoms with van der Waals surface area (Å²) in [4.78, 5) is 21.9. The number of hydrogen-bond donors (Lipinski definition) is 3. The third-order valence-electron chi connectivity index (χ3n) is 2.97. The van der Waals surface area contributed by atoms with Crippen molar-refractivity contribution in [3.05, 3.63) is 0 Å². The lowest BCUT2D eigenvalue weighted by Gasteiger charge is -2.22. The lowest BCUT2D eigenvalue weighted by atomic mass is 10.0. The molecule has 104 valence electrons. The normalized spacial score (nSPS) is 21.1. The third kappa shape index (κ3) is 6.44.